The molecular weight excluding hydrogens is 601 g/mol. The summed E-state index contributed by atoms with van der Waals surface area (Å²) in [6.45, 7) is 1.98. The van der Waals surface area contributed by atoms with Crippen molar-refractivity contribution in [1.29, 1.82) is 0 Å². The molecule has 0 spiro atoms. The van der Waals surface area contributed by atoms with Crippen molar-refractivity contribution in [3.63, 3.8) is 0 Å². The van der Waals surface area contributed by atoms with Crippen LogP contribution in [0.4, 0.5) is 5.69 Å². The van der Waals surface area contributed by atoms with Gasteiger partial charge < -0.3 is 0 Å². The van der Waals surface area contributed by atoms with Crippen molar-refractivity contribution in [2.45, 2.75) is 15.8 Å². The first kappa shape index (κ1) is 14.9. The molecule has 0 aliphatic rings. The van der Waals surface area contributed by atoms with Crippen LogP contribution in [0.25, 0.3) is 0 Å². The van der Waals surface area contributed by atoms with E-state index in [9.17, 15) is 8.42 Å². The van der Waals surface area contributed by atoms with Crippen LogP contribution in [0.2, 0.25) is 8.86 Å². The van der Waals surface area contributed by atoms with Gasteiger partial charge in [-0.2, -0.15) is 0 Å². The van der Waals surface area contributed by atoms with Crippen LogP contribution in [0.5, 0.6) is 0 Å². The van der Waals surface area contributed by atoms with Crippen LogP contribution in [0, 0.1) is 6.92 Å². The normalized spacial score (nSPS) is 10.8. The standard InChI is InChI=1S/C7H8N2O2S.2CH3.2Hg/c1-6-2-4-7(5-3-6)9-12(8,10)11;;;;/h2-5,9H,1H3;2*1H3;;. The van der Waals surface area contributed by atoms with E-state index in [0.29, 0.717) is 5.69 Å². The number of nitrogens with one attached hydrogen (secondary N) is 1. The Kier molecular flexibility index (Phi) is 6.18. The molecular formula is C9H14Hg2N2O2S. The second kappa shape index (κ2) is 6.66. The minimum absolute atomic E-state index is 0.666. The third-order valence-electron chi connectivity index (χ3n) is 2.34. The Morgan fingerprint density at radius 2 is 1.62 bits per heavy atom. The van der Waals surface area contributed by atoms with Gasteiger partial charge in [0.1, 0.15) is 0 Å². The summed E-state index contributed by atoms with van der Waals surface area (Å²) in [4.78, 5) is 0. The Bertz CT molecular complexity index is 429. The van der Waals surface area contributed by atoms with Gasteiger partial charge in [-0.05, 0) is 0 Å². The molecule has 0 saturated heterocycles. The number of anilines is 1. The number of rotatable bonds is 5. The minimum atomic E-state index is -3.21. The molecule has 0 atom stereocenters. The molecule has 16 heavy (non-hydrogen) atoms. The summed E-state index contributed by atoms with van der Waals surface area (Å²) in [5.74, 6) is 0. The van der Waals surface area contributed by atoms with E-state index in [1.54, 1.807) is 0 Å². The van der Waals surface area contributed by atoms with E-state index in [-0.39, 0.29) is 0 Å². The van der Waals surface area contributed by atoms with Crippen LogP contribution in [-0.4, -0.2) is 8.25 Å². The monoisotopic (exact) mass is 618 g/mol. The molecule has 0 amide bonds. The molecule has 0 aliphatic heterocycles. The maximum atomic E-state index is 12.0. The van der Waals surface area contributed by atoms with Crippen molar-refractivity contribution in [2.75, 3.05) is 4.72 Å². The van der Waals surface area contributed by atoms with Crippen LogP contribution >= 0.6 is 0 Å². The second-order valence-corrected chi connectivity index (χ2v) is 33.2. The third kappa shape index (κ3) is 4.23. The van der Waals surface area contributed by atoms with Crippen molar-refractivity contribution in [2.24, 2.45) is 0 Å². The third-order valence-corrected chi connectivity index (χ3v) is 52.0. The van der Waals surface area contributed by atoms with Crippen molar-refractivity contribution in [3.8, 4) is 0 Å². The quantitative estimate of drug-likeness (QED) is 0.516. The van der Waals surface area contributed by atoms with Gasteiger partial charge in [-0.3, -0.25) is 0 Å². The molecule has 0 fully saturated rings. The van der Waals surface area contributed by atoms with E-state index in [1.165, 1.54) is 0 Å². The zero-order valence-electron chi connectivity index (χ0n) is 9.90. The van der Waals surface area contributed by atoms with Gasteiger partial charge in [0.25, 0.3) is 0 Å². The summed E-state index contributed by atoms with van der Waals surface area (Å²) in [6.07, 6.45) is 0. The van der Waals surface area contributed by atoms with E-state index in [4.69, 9.17) is 0 Å². The first-order valence-electron chi connectivity index (χ1n) is 5.34. The van der Waals surface area contributed by atoms with Gasteiger partial charge in [-0.1, -0.05) is 0 Å². The van der Waals surface area contributed by atoms with Gasteiger partial charge in [0.15, 0.2) is 0 Å². The molecule has 1 aromatic rings. The van der Waals surface area contributed by atoms with E-state index in [2.05, 4.69) is 13.6 Å². The molecule has 0 heterocycles. The molecule has 1 rings (SSSR count). The van der Waals surface area contributed by atoms with Gasteiger partial charge >= 0.3 is 124 Å². The Hall–Kier alpha value is 0.800. The summed E-state index contributed by atoms with van der Waals surface area (Å²) in [6, 6.07) is 7.44. The zero-order chi connectivity index (χ0) is 12.2. The van der Waals surface area contributed by atoms with E-state index < -0.39 is 60.0 Å². The van der Waals surface area contributed by atoms with Gasteiger partial charge in [-0.15, -0.1) is 0 Å². The average molecular weight is 615 g/mol. The van der Waals surface area contributed by atoms with Crippen LogP contribution in [-0.2, 0) is 60.0 Å². The average Bonchev–Trinajstić information content (AvgIpc) is 2.22. The van der Waals surface area contributed by atoms with Crippen LogP contribution in [0.1, 0.15) is 5.56 Å². The molecule has 0 saturated carbocycles. The summed E-state index contributed by atoms with van der Waals surface area (Å²) >= 11 is -2.66. The molecule has 0 aliphatic carbocycles. The Morgan fingerprint density at radius 3 is 2.06 bits per heavy atom. The Balaban J connectivity index is 2.84. The number of hydrogen-bond acceptors (Lipinski definition) is 2. The second-order valence-electron chi connectivity index (χ2n) is 3.56. The fourth-order valence-corrected chi connectivity index (χ4v) is 29.1. The van der Waals surface area contributed by atoms with E-state index in [0.717, 1.165) is 5.56 Å². The van der Waals surface area contributed by atoms with Crippen LogP contribution in [0.15, 0.2) is 24.3 Å². The van der Waals surface area contributed by atoms with Gasteiger partial charge in [0.2, 0.25) is 0 Å². The molecule has 0 aromatic heterocycles. The van der Waals surface area contributed by atoms with Crippen molar-refractivity contribution >= 4 is 15.9 Å². The molecule has 0 radical (unpaired) electrons. The number of hydrogen-bond donors (Lipinski definition) is 1. The number of nitrogens with zero attached hydrogens (tertiary/aromatic N) is 1. The molecule has 4 nitrogen and oxygen atoms in total. The van der Waals surface area contributed by atoms with Gasteiger partial charge in [-0.25, -0.2) is 0 Å². The number of aryl methyl sites for hydroxylation is 1. The molecule has 7 heteroatoms. The molecule has 1 N–H and O–H groups in total. The molecule has 0 unspecified atom stereocenters. The fourth-order valence-electron chi connectivity index (χ4n) is 1.40. The van der Waals surface area contributed by atoms with Crippen molar-refractivity contribution in [3.05, 3.63) is 29.8 Å². The first-order valence-corrected chi connectivity index (χ1v) is 22.7. The molecule has 82 valence electrons. The van der Waals surface area contributed by atoms with E-state index >= 15 is 0 Å². The predicted molar refractivity (Wildman–Crippen MR) is 57.3 cm³/mol. The SMILES string of the molecule is [CH3][Hg][N]([Hg][CH3])S(=O)(=O)Nc1ccc(C)cc1. The maximum absolute atomic E-state index is 12.0. The molecule has 0 bridgehead atoms. The van der Waals surface area contributed by atoms with E-state index in [1.807, 2.05) is 31.0 Å². The predicted octanol–water partition coefficient (Wildman–Crippen LogP) is 2.04. The van der Waals surface area contributed by atoms with Gasteiger partial charge in [0.05, 0.1) is 0 Å². The fraction of sp³-hybridized carbons (Fsp3) is 0.333. The topological polar surface area (TPSA) is 49.4 Å². The summed E-state index contributed by atoms with van der Waals surface area (Å²) < 4.78 is 32.6. The zero-order valence-corrected chi connectivity index (χ0v) is 21.7. The van der Waals surface area contributed by atoms with Crippen LogP contribution < -0.4 is 4.72 Å². The first-order chi connectivity index (χ1) is 7.49. The summed E-state index contributed by atoms with van der Waals surface area (Å²) in [5, 5.41) is 0. The molecule has 1 aromatic carbocycles. The Morgan fingerprint density at radius 1 is 1.12 bits per heavy atom. The van der Waals surface area contributed by atoms with Gasteiger partial charge in [0, 0.05) is 0 Å². The Labute approximate surface area is 123 Å². The number of benzene rings is 1. The van der Waals surface area contributed by atoms with Crippen molar-refractivity contribution in [1.82, 2.24) is -0.167 Å². The van der Waals surface area contributed by atoms with Crippen LogP contribution in [0.3, 0.4) is 0 Å². The van der Waals surface area contributed by atoms with Crippen molar-refractivity contribution < 1.29 is 58.2 Å². The summed E-state index contributed by atoms with van der Waals surface area (Å²) in [5.41, 5.74) is 1.80. The summed E-state index contributed by atoms with van der Waals surface area (Å²) in [7, 11) is -3.21.